The van der Waals surface area contributed by atoms with Gasteiger partial charge in [-0.1, -0.05) is 25.9 Å². The van der Waals surface area contributed by atoms with Gasteiger partial charge in [-0.25, -0.2) is 0 Å². The van der Waals surface area contributed by atoms with Crippen LogP contribution < -0.4 is 5.32 Å². The van der Waals surface area contributed by atoms with Gasteiger partial charge in [0.2, 0.25) is 5.91 Å². The number of hydrogen-bond donors (Lipinski definition) is 3. The average Bonchev–Trinajstić information content (AvgIpc) is 2.54. The number of hydrogen-bond acceptors (Lipinski definition) is 7. The van der Waals surface area contributed by atoms with Crippen molar-refractivity contribution in [1.82, 2.24) is 5.32 Å². The molecule has 0 aromatic heterocycles. The summed E-state index contributed by atoms with van der Waals surface area (Å²) >= 11 is 0. The highest BCUT2D eigenvalue weighted by Crippen LogP contribution is 2.38. The van der Waals surface area contributed by atoms with Crippen molar-refractivity contribution in [1.29, 1.82) is 0 Å². The van der Waals surface area contributed by atoms with Gasteiger partial charge in [-0.15, -0.1) is 0 Å². The van der Waals surface area contributed by atoms with Crippen LogP contribution in [0.3, 0.4) is 0 Å². The molecule has 0 aromatic rings. The van der Waals surface area contributed by atoms with Gasteiger partial charge < -0.3 is 24.7 Å². The Morgan fingerprint density at radius 3 is 2.10 bits per heavy atom. The van der Waals surface area contributed by atoms with E-state index >= 15 is 0 Å². The van der Waals surface area contributed by atoms with E-state index in [1.807, 2.05) is 33.9 Å². The van der Waals surface area contributed by atoms with Crippen molar-refractivity contribution in [3.63, 3.8) is 0 Å². The quantitative estimate of drug-likeness (QED) is 0.154. The summed E-state index contributed by atoms with van der Waals surface area (Å²) in [5, 5.41) is 25.8. The minimum absolute atomic E-state index is 0.131. The summed E-state index contributed by atoms with van der Waals surface area (Å²) < 4.78 is 11.8. The third-order valence-corrected chi connectivity index (χ3v) is 9.45. The number of ether oxygens (including phenoxy) is 1. The SMILES string of the molecule is CC(=O)N[C@H]([C@H](C[C@H](N=[N+]=[N-])C(=O)OC(C)(C)C)O[Si](C)(C)C(C)(C)C)[C@@H](O)CO. The molecule has 11 heteroatoms. The van der Waals surface area contributed by atoms with Gasteiger partial charge in [0.25, 0.3) is 0 Å². The van der Waals surface area contributed by atoms with Crippen LogP contribution in [0.5, 0.6) is 0 Å². The van der Waals surface area contributed by atoms with E-state index < -0.39 is 56.7 Å². The van der Waals surface area contributed by atoms with Crippen molar-refractivity contribution in [3.8, 4) is 0 Å². The summed E-state index contributed by atoms with van der Waals surface area (Å²) in [7, 11) is -2.44. The van der Waals surface area contributed by atoms with Crippen LogP contribution in [0, 0.1) is 0 Å². The highest BCUT2D eigenvalue weighted by molar-refractivity contribution is 6.74. The first-order chi connectivity index (χ1) is 13.4. The fourth-order valence-corrected chi connectivity index (χ4v) is 3.80. The molecule has 0 aliphatic rings. The molecule has 0 aromatic carbocycles. The summed E-state index contributed by atoms with van der Waals surface area (Å²) in [4.78, 5) is 27.1. The van der Waals surface area contributed by atoms with Crippen LogP contribution in [0.25, 0.3) is 10.4 Å². The van der Waals surface area contributed by atoms with Crippen LogP contribution in [0.2, 0.25) is 18.1 Å². The Bertz CT molecular complexity index is 638. The summed E-state index contributed by atoms with van der Waals surface area (Å²) in [6.45, 7) is 15.7. The molecule has 0 unspecified atom stereocenters. The van der Waals surface area contributed by atoms with Crippen molar-refractivity contribution < 1.29 is 29.0 Å². The maximum Gasteiger partial charge on any atom is 0.315 e. The third kappa shape index (κ3) is 9.44. The second-order valence-electron chi connectivity index (χ2n) is 9.88. The van der Waals surface area contributed by atoms with Gasteiger partial charge in [-0.2, -0.15) is 0 Å². The number of carbonyl (C=O) groups excluding carboxylic acids is 2. The molecule has 0 radical (unpaired) electrons. The molecule has 0 rings (SSSR count). The molecule has 30 heavy (non-hydrogen) atoms. The molecule has 0 saturated carbocycles. The lowest BCUT2D eigenvalue weighted by Crippen LogP contribution is -2.57. The smallest absolute Gasteiger partial charge is 0.315 e. The Kier molecular flexibility index (Phi) is 10.5. The van der Waals surface area contributed by atoms with Crippen LogP contribution >= 0.6 is 0 Å². The van der Waals surface area contributed by atoms with E-state index in [2.05, 4.69) is 15.3 Å². The minimum atomic E-state index is -2.44. The molecule has 0 fully saturated rings. The molecule has 10 nitrogen and oxygen atoms in total. The normalized spacial score (nSPS) is 16.6. The highest BCUT2D eigenvalue weighted by atomic mass is 28.4. The lowest BCUT2D eigenvalue weighted by Gasteiger charge is -2.42. The Balaban J connectivity index is 6.13. The molecular weight excluding hydrogens is 408 g/mol. The largest absolute Gasteiger partial charge is 0.460 e. The second kappa shape index (κ2) is 11.1. The van der Waals surface area contributed by atoms with Crippen LogP contribution in [0.15, 0.2) is 5.11 Å². The van der Waals surface area contributed by atoms with Crippen LogP contribution in [0.4, 0.5) is 0 Å². The molecule has 0 heterocycles. The molecule has 0 spiro atoms. The first kappa shape index (κ1) is 28.3. The van der Waals surface area contributed by atoms with E-state index in [4.69, 9.17) is 14.7 Å². The molecule has 0 aliphatic heterocycles. The number of nitrogens with zero attached hydrogens (tertiary/aromatic N) is 3. The van der Waals surface area contributed by atoms with Gasteiger partial charge in [0.1, 0.15) is 11.6 Å². The number of aliphatic hydroxyl groups is 2. The maximum atomic E-state index is 12.6. The first-order valence-corrected chi connectivity index (χ1v) is 12.9. The summed E-state index contributed by atoms with van der Waals surface area (Å²) in [5.41, 5.74) is 8.16. The number of rotatable bonds is 10. The van der Waals surface area contributed by atoms with Crippen LogP contribution in [-0.4, -0.2) is 66.9 Å². The Labute approximate surface area is 180 Å². The molecule has 4 atom stereocenters. The number of esters is 1. The fraction of sp³-hybridized carbons (Fsp3) is 0.895. The predicted octanol–water partition coefficient (Wildman–Crippen LogP) is 2.65. The Hall–Kier alpha value is -1.65. The van der Waals surface area contributed by atoms with E-state index in [0.29, 0.717) is 0 Å². The zero-order chi connectivity index (χ0) is 23.9. The van der Waals surface area contributed by atoms with Gasteiger partial charge in [0.05, 0.1) is 24.9 Å². The molecule has 0 aliphatic carbocycles. The maximum absolute atomic E-state index is 12.6. The number of amides is 1. The summed E-state index contributed by atoms with van der Waals surface area (Å²) in [6, 6.07) is -2.24. The van der Waals surface area contributed by atoms with E-state index in [0.717, 1.165) is 0 Å². The lowest BCUT2D eigenvalue weighted by molar-refractivity contribution is -0.157. The average molecular weight is 447 g/mol. The zero-order valence-electron chi connectivity index (χ0n) is 19.6. The molecular formula is C19H38N4O6Si. The minimum Gasteiger partial charge on any atom is -0.460 e. The molecule has 0 bridgehead atoms. The number of aliphatic hydroxyl groups excluding tert-OH is 2. The monoisotopic (exact) mass is 446 g/mol. The van der Waals surface area contributed by atoms with E-state index in [1.54, 1.807) is 20.8 Å². The van der Waals surface area contributed by atoms with E-state index in [1.165, 1.54) is 6.92 Å². The number of nitrogens with one attached hydrogen (secondary N) is 1. The van der Waals surface area contributed by atoms with Gasteiger partial charge in [0.15, 0.2) is 8.32 Å². The van der Waals surface area contributed by atoms with Gasteiger partial charge in [0, 0.05) is 11.8 Å². The zero-order valence-corrected chi connectivity index (χ0v) is 20.6. The van der Waals surface area contributed by atoms with Gasteiger partial charge >= 0.3 is 5.97 Å². The van der Waals surface area contributed by atoms with E-state index in [-0.39, 0.29) is 11.5 Å². The van der Waals surface area contributed by atoms with Crippen LogP contribution in [0.1, 0.15) is 54.9 Å². The topological polar surface area (TPSA) is 154 Å². The molecule has 1 amide bonds. The standard InChI is InChI=1S/C19H38N4O6Si/c1-12(25)21-16(14(26)11-24)15(29-30(8,9)19(5,6)7)10-13(22-23-20)17(27)28-18(2,3)4/h13-16,24,26H,10-11H2,1-9H3,(H,21,25)/t13-,14-,15-,16-/m0/s1. The van der Waals surface area contributed by atoms with Crippen LogP contribution in [-0.2, 0) is 18.8 Å². The van der Waals surface area contributed by atoms with Crippen molar-refractivity contribution >= 4 is 20.2 Å². The molecule has 3 N–H and O–H groups in total. The Morgan fingerprint density at radius 2 is 1.73 bits per heavy atom. The van der Waals surface area contributed by atoms with Crippen molar-refractivity contribution in [2.45, 2.75) is 103 Å². The van der Waals surface area contributed by atoms with Gasteiger partial charge in [-0.3, -0.25) is 9.59 Å². The second-order valence-corrected chi connectivity index (χ2v) is 14.6. The summed E-state index contributed by atoms with van der Waals surface area (Å²) in [6.07, 6.45) is -2.37. The van der Waals surface area contributed by atoms with Crippen molar-refractivity contribution in [3.05, 3.63) is 10.4 Å². The molecule has 174 valence electrons. The predicted molar refractivity (Wildman–Crippen MR) is 116 cm³/mol. The van der Waals surface area contributed by atoms with Crippen molar-refractivity contribution in [2.24, 2.45) is 5.11 Å². The molecule has 0 saturated heterocycles. The summed E-state index contributed by atoms with van der Waals surface area (Å²) in [5.74, 6) is -1.17. The fourth-order valence-electron chi connectivity index (χ4n) is 2.45. The van der Waals surface area contributed by atoms with E-state index in [9.17, 15) is 19.8 Å². The van der Waals surface area contributed by atoms with Crippen molar-refractivity contribution in [2.75, 3.05) is 6.61 Å². The van der Waals surface area contributed by atoms with Gasteiger partial charge in [-0.05, 0) is 50.9 Å². The number of azide groups is 1. The lowest BCUT2D eigenvalue weighted by atomic mass is 9.98. The Morgan fingerprint density at radius 1 is 1.20 bits per heavy atom. The third-order valence-electron chi connectivity index (χ3n) is 4.95. The number of carbonyl (C=O) groups is 2. The first-order valence-electron chi connectivity index (χ1n) is 9.96. The highest BCUT2D eigenvalue weighted by Gasteiger charge is 2.43.